The second-order valence-electron chi connectivity index (χ2n) is 9.81. The van der Waals surface area contributed by atoms with Gasteiger partial charge < -0.3 is 21.6 Å². The van der Waals surface area contributed by atoms with Crippen LogP contribution in [0, 0.1) is 0 Å². The number of nitrogens with one attached hydrogen (secondary N) is 2. The second kappa shape index (κ2) is 14.3. The number of guanidine groups is 1. The van der Waals surface area contributed by atoms with Gasteiger partial charge in [0.15, 0.2) is 12.1 Å². The average Bonchev–Trinajstić information content (AvgIpc) is 3.10. The zero-order chi connectivity index (χ0) is 30.8. The van der Waals surface area contributed by atoms with Gasteiger partial charge in [0.05, 0.1) is 23.2 Å². The third-order valence-corrected chi connectivity index (χ3v) is 7.82. The van der Waals surface area contributed by atoms with E-state index >= 15 is 0 Å². The Labute approximate surface area is 249 Å². The molecule has 0 aromatic heterocycles. The Morgan fingerprint density at radius 1 is 1.00 bits per heavy atom. The molecule has 0 saturated carbocycles. The maximum atomic E-state index is 14.0. The van der Waals surface area contributed by atoms with Gasteiger partial charge in [-0.15, -0.1) is 0 Å². The van der Waals surface area contributed by atoms with E-state index in [1.807, 2.05) is 6.07 Å². The van der Waals surface area contributed by atoms with Crippen LogP contribution in [0.25, 0.3) is 0 Å². The van der Waals surface area contributed by atoms with E-state index in [1.165, 1.54) is 4.90 Å². The lowest BCUT2D eigenvalue weighted by Crippen LogP contribution is -2.51. The summed E-state index contributed by atoms with van der Waals surface area (Å²) in [5.41, 5.74) is 13.1. The van der Waals surface area contributed by atoms with Crippen LogP contribution in [-0.2, 0) is 30.2 Å². The normalized spacial score (nSPS) is 15.4. The lowest BCUT2D eigenvalue weighted by molar-refractivity contribution is -0.125. The summed E-state index contributed by atoms with van der Waals surface area (Å²) in [6.45, 7) is -0.201. The monoisotopic (exact) mass is 603 g/mol. The Morgan fingerprint density at radius 2 is 1.65 bits per heavy atom. The first-order valence-electron chi connectivity index (χ1n) is 13.5. The van der Waals surface area contributed by atoms with Gasteiger partial charge in [-0.2, -0.15) is 4.72 Å². The maximum Gasteiger partial charge on any atom is 0.268 e. The number of para-hydroxylation sites is 1. The predicted octanol–water partition coefficient (Wildman–Crippen LogP) is 1.05. The molecule has 1 aliphatic rings. The van der Waals surface area contributed by atoms with Crippen LogP contribution in [0.3, 0.4) is 0 Å². The zero-order valence-electron chi connectivity index (χ0n) is 23.3. The number of benzodiazepines with no additional fused rings is 1. The Kier molecular flexibility index (Phi) is 10.4. The number of sulfonamides is 1. The van der Waals surface area contributed by atoms with Crippen molar-refractivity contribution in [3.05, 3.63) is 102 Å². The maximum absolute atomic E-state index is 14.0. The minimum Gasteiger partial charge on any atom is -0.370 e. The molecule has 43 heavy (non-hydrogen) atoms. The molecule has 2 unspecified atom stereocenters. The summed E-state index contributed by atoms with van der Waals surface area (Å²) in [4.78, 5) is 48.5. The molecule has 13 heteroatoms. The van der Waals surface area contributed by atoms with Gasteiger partial charge in [0, 0.05) is 17.7 Å². The van der Waals surface area contributed by atoms with E-state index in [0.717, 1.165) is 0 Å². The highest BCUT2D eigenvalue weighted by Crippen LogP contribution is 2.28. The van der Waals surface area contributed by atoms with Gasteiger partial charge in [0.1, 0.15) is 12.8 Å². The summed E-state index contributed by atoms with van der Waals surface area (Å²) in [5, 5.41) is 2.62. The van der Waals surface area contributed by atoms with Crippen molar-refractivity contribution in [2.75, 3.05) is 18.0 Å². The molecule has 0 fully saturated rings. The van der Waals surface area contributed by atoms with Gasteiger partial charge in [-0.05, 0) is 24.5 Å². The summed E-state index contributed by atoms with van der Waals surface area (Å²) in [5.74, 6) is -1.81. The molecule has 4 rings (SSSR count). The summed E-state index contributed by atoms with van der Waals surface area (Å²) < 4.78 is 28.9. The van der Waals surface area contributed by atoms with Crippen LogP contribution in [-0.4, -0.2) is 63.5 Å². The van der Waals surface area contributed by atoms with E-state index in [1.54, 1.807) is 78.9 Å². The van der Waals surface area contributed by atoms with Crippen molar-refractivity contribution in [1.82, 2.24) is 10.0 Å². The molecule has 0 aliphatic carbocycles. The minimum absolute atomic E-state index is 0.0731. The first kappa shape index (κ1) is 31.1. The van der Waals surface area contributed by atoms with Crippen molar-refractivity contribution >= 4 is 45.5 Å². The number of carbonyl (C=O) groups excluding carboxylic acids is 3. The number of carbonyl (C=O) groups is 3. The highest BCUT2D eigenvalue weighted by atomic mass is 32.2. The van der Waals surface area contributed by atoms with E-state index < -0.39 is 40.6 Å². The van der Waals surface area contributed by atoms with Crippen LogP contribution in [0.1, 0.15) is 29.5 Å². The standard InChI is InChI=1S/C30H33N7O5S/c31-30(32)33-17-9-14-23(19-38)34-26(39)18-37-25-16-8-7-15-24(25)27(22-12-5-2-6-13-22)35-28(29(37)40)36-43(41,42)20-21-10-3-1-4-11-21/h1-8,10-13,15-16,19,23,28,36H,9,14,17-18,20H2,(H,34,39)(H4,31,32,33). The molecule has 0 saturated heterocycles. The van der Waals surface area contributed by atoms with Crippen molar-refractivity contribution in [2.24, 2.45) is 21.5 Å². The number of benzene rings is 3. The molecule has 224 valence electrons. The third kappa shape index (κ3) is 8.56. The SMILES string of the molecule is NC(N)=NCCCC(C=O)NC(=O)CN1C(=O)C(NS(=O)(=O)Cc2ccccc2)N=C(c2ccccc2)c2ccccc21. The summed E-state index contributed by atoms with van der Waals surface area (Å²) in [6, 6.07) is 23.6. The van der Waals surface area contributed by atoms with E-state index in [0.29, 0.717) is 40.8 Å². The highest BCUT2D eigenvalue weighted by molar-refractivity contribution is 7.88. The second-order valence-corrected chi connectivity index (χ2v) is 11.6. The van der Waals surface area contributed by atoms with Gasteiger partial charge >= 0.3 is 0 Å². The molecule has 0 spiro atoms. The number of hydrogen-bond donors (Lipinski definition) is 4. The first-order valence-corrected chi connectivity index (χ1v) is 15.2. The van der Waals surface area contributed by atoms with Crippen molar-refractivity contribution < 1.29 is 22.8 Å². The number of nitrogens with two attached hydrogens (primary N) is 2. The molecule has 3 aromatic rings. The van der Waals surface area contributed by atoms with Crippen LogP contribution >= 0.6 is 0 Å². The molecule has 0 radical (unpaired) electrons. The molecule has 3 aromatic carbocycles. The number of fused-ring (bicyclic) bond motifs is 1. The molecule has 1 aliphatic heterocycles. The average molecular weight is 604 g/mol. The molecule has 2 amide bonds. The Bertz CT molecular complexity index is 1610. The molecular weight excluding hydrogens is 570 g/mol. The molecule has 1 heterocycles. The first-order chi connectivity index (χ1) is 20.7. The van der Waals surface area contributed by atoms with Gasteiger partial charge in [-0.3, -0.25) is 24.5 Å². The van der Waals surface area contributed by atoms with Crippen molar-refractivity contribution in [2.45, 2.75) is 30.8 Å². The number of aldehydes is 1. The lowest BCUT2D eigenvalue weighted by Gasteiger charge is -2.25. The van der Waals surface area contributed by atoms with Crippen LogP contribution < -0.4 is 26.4 Å². The topological polar surface area (TPSA) is 189 Å². The van der Waals surface area contributed by atoms with Crippen LogP contribution in [0.4, 0.5) is 5.69 Å². The number of nitrogens with zero attached hydrogens (tertiary/aromatic N) is 3. The predicted molar refractivity (Wildman–Crippen MR) is 165 cm³/mol. The van der Waals surface area contributed by atoms with E-state index in [9.17, 15) is 22.8 Å². The molecule has 0 bridgehead atoms. The Balaban J connectivity index is 1.65. The van der Waals surface area contributed by atoms with Crippen molar-refractivity contribution in [3.8, 4) is 0 Å². The number of amides is 2. The summed E-state index contributed by atoms with van der Waals surface area (Å²) >= 11 is 0. The fraction of sp³-hybridized carbons (Fsp3) is 0.233. The number of aliphatic imine (C=N–C) groups is 2. The van der Waals surface area contributed by atoms with Gasteiger partial charge in [0.2, 0.25) is 15.9 Å². The lowest BCUT2D eigenvalue weighted by atomic mass is 10.0. The zero-order valence-corrected chi connectivity index (χ0v) is 24.1. The minimum atomic E-state index is -4.05. The molecule has 2 atom stereocenters. The fourth-order valence-corrected chi connectivity index (χ4v) is 5.80. The summed E-state index contributed by atoms with van der Waals surface area (Å²) in [7, 11) is -4.05. The number of rotatable bonds is 13. The van der Waals surface area contributed by atoms with Crippen molar-refractivity contribution in [1.29, 1.82) is 0 Å². The smallest absolute Gasteiger partial charge is 0.268 e. The Morgan fingerprint density at radius 3 is 2.33 bits per heavy atom. The third-order valence-electron chi connectivity index (χ3n) is 6.53. The number of anilines is 1. The summed E-state index contributed by atoms with van der Waals surface area (Å²) in [6.07, 6.45) is -0.250. The molecular formula is C30H33N7O5S. The highest BCUT2D eigenvalue weighted by Gasteiger charge is 2.35. The van der Waals surface area contributed by atoms with Crippen LogP contribution in [0.5, 0.6) is 0 Å². The number of hydrogen-bond acceptors (Lipinski definition) is 7. The Hall–Kier alpha value is -4.88. The van der Waals surface area contributed by atoms with Crippen LogP contribution in [0.15, 0.2) is 94.9 Å². The van der Waals surface area contributed by atoms with Crippen LogP contribution in [0.2, 0.25) is 0 Å². The van der Waals surface area contributed by atoms with E-state index in [2.05, 4.69) is 20.0 Å². The van der Waals surface area contributed by atoms with Gasteiger partial charge in [-0.1, -0.05) is 78.9 Å². The van der Waals surface area contributed by atoms with E-state index in [4.69, 9.17) is 11.5 Å². The largest absolute Gasteiger partial charge is 0.370 e. The van der Waals surface area contributed by atoms with Crippen molar-refractivity contribution in [3.63, 3.8) is 0 Å². The molecule has 12 nitrogen and oxygen atoms in total. The van der Waals surface area contributed by atoms with Gasteiger partial charge in [0.25, 0.3) is 5.91 Å². The molecule has 6 N–H and O–H groups in total. The van der Waals surface area contributed by atoms with E-state index in [-0.39, 0.29) is 24.7 Å². The van der Waals surface area contributed by atoms with Gasteiger partial charge in [-0.25, -0.2) is 8.42 Å². The quantitative estimate of drug-likeness (QED) is 0.0972. The fourth-order valence-electron chi connectivity index (χ4n) is 4.59.